The minimum atomic E-state index is 0.0804. The van der Waals surface area contributed by atoms with E-state index in [1.165, 1.54) is 16.5 Å². The van der Waals surface area contributed by atoms with Crippen molar-refractivity contribution in [1.29, 1.82) is 0 Å². The number of para-hydroxylation sites is 1. The highest BCUT2D eigenvalue weighted by Gasteiger charge is 2.36. The van der Waals surface area contributed by atoms with Crippen LogP contribution in [0.25, 0.3) is 10.9 Å². The number of rotatable bonds is 6. The molecule has 2 aromatic heterocycles. The molecule has 2 aliphatic rings. The summed E-state index contributed by atoms with van der Waals surface area (Å²) in [6, 6.07) is 13.9. The Balaban J connectivity index is 1.29. The predicted octanol–water partition coefficient (Wildman–Crippen LogP) is 3.03. The quantitative estimate of drug-likeness (QED) is 0.617. The average Bonchev–Trinajstić information content (AvgIpc) is 3.14. The molecule has 1 amide bonds. The number of pyridine rings is 1. The van der Waals surface area contributed by atoms with Crippen LogP contribution >= 0.6 is 0 Å². The standard InChI is InChI=1S/C25H29N3O3/c1-31-12-11-26-16-19(21-5-2-3-6-23(21)26)9-10-24(29)27-14-18-13-20(17-27)22-7-4-8-25(30)28(22)15-18/h2-8,16,18,20H,9-15,17H2,1H3/t18-,20+/m1/s1. The zero-order valence-electron chi connectivity index (χ0n) is 18.0. The number of fused-ring (bicyclic) bond motifs is 5. The number of aryl methyl sites for hydroxylation is 1. The monoisotopic (exact) mass is 419 g/mol. The Hall–Kier alpha value is -2.86. The lowest BCUT2D eigenvalue weighted by molar-refractivity contribution is -0.133. The van der Waals surface area contributed by atoms with E-state index >= 15 is 0 Å². The third kappa shape index (κ3) is 3.81. The molecule has 5 rings (SSSR count). The molecule has 0 spiro atoms. The number of piperidine rings is 1. The van der Waals surface area contributed by atoms with E-state index in [0.717, 1.165) is 38.2 Å². The summed E-state index contributed by atoms with van der Waals surface area (Å²) >= 11 is 0. The van der Waals surface area contributed by atoms with Gasteiger partial charge in [0.2, 0.25) is 5.91 Å². The van der Waals surface area contributed by atoms with Gasteiger partial charge in [-0.2, -0.15) is 0 Å². The van der Waals surface area contributed by atoms with Gasteiger partial charge in [-0.25, -0.2) is 0 Å². The van der Waals surface area contributed by atoms with Crippen LogP contribution < -0.4 is 5.56 Å². The lowest BCUT2D eigenvalue weighted by atomic mass is 9.83. The molecule has 2 bridgehead atoms. The van der Waals surface area contributed by atoms with Gasteiger partial charge in [0, 0.05) is 74.5 Å². The molecule has 31 heavy (non-hydrogen) atoms. The molecule has 6 nitrogen and oxygen atoms in total. The largest absolute Gasteiger partial charge is 0.383 e. The zero-order valence-corrected chi connectivity index (χ0v) is 18.0. The third-order valence-electron chi connectivity index (χ3n) is 6.85. The second-order valence-corrected chi connectivity index (χ2v) is 8.85. The van der Waals surface area contributed by atoms with Crippen LogP contribution in [0.15, 0.2) is 53.5 Å². The molecule has 6 heteroatoms. The summed E-state index contributed by atoms with van der Waals surface area (Å²) in [5.41, 5.74) is 3.57. The molecule has 0 unspecified atom stereocenters. The Bertz CT molecular complexity index is 1160. The van der Waals surface area contributed by atoms with Gasteiger partial charge in [0.25, 0.3) is 5.56 Å². The van der Waals surface area contributed by atoms with Crippen LogP contribution in [-0.2, 0) is 29.0 Å². The van der Waals surface area contributed by atoms with Gasteiger partial charge in [0.15, 0.2) is 0 Å². The lowest BCUT2D eigenvalue weighted by Crippen LogP contribution is -2.49. The molecule has 3 aromatic rings. The van der Waals surface area contributed by atoms with Crippen molar-refractivity contribution < 1.29 is 9.53 Å². The van der Waals surface area contributed by atoms with E-state index in [1.807, 2.05) is 21.6 Å². The summed E-state index contributed by atoms with van der Waals surface area (Å²) < 4.78 is 9.38. The van der Waals surface area contributed by atoms with Crippen molar-refractivity contribution in [2.75, 3.05) is 26.8 Å². The highest BCUT2D eigenvalue weighted by Crippen LogP contribution is 2.35. The first kappa shape index (κ1) is 20.1. The maximum Gasteiger partial charge on any atom is 0.250 e. The molecule has 4 heterocycles. The number of aromatic nitrogens is 2. The summed E-state index contributed by atoms with van der Waals surface area (Å²) in [4.78, 5) is 27.4. The molecule has 2 aliphatic heterocycles. The van der Waals surface area contributed by atoms with E-state index in [0.29, 0.717) is 25.5 Å². The number of nitrogens with zero attached hydrogens (tertiary/aromatic N) is 3. The number of methoxy groups -OCH3 is 1. The fraction of sp³-hybridized carbons (Fsp3) is 0.440. The summed E-state index contributed by atoms with van der Waals surface area (Å²) in [6.07, 6.45) is 4.49. The van der Waals surface area contributed by atoms with E-state index in [-0.39, 0.29) is 17.4 Å². The Labute approximate surface area is 182 Å². The fourth-order valence-electron chi connectivity index (χ4n) is 5.40. The number of ether oxygens (including phenoxy) is 1. The van der Waals surface area contributed by atoms with Gasteiger partial charge in [-0.3, -0.25) is 9.59 Å². The first-order valence-electron chi connectivity index (χ1n) is 11.2. The summed E-state index contributed by atoms with van der Waals surface area (Å²) in [5.74, 6) is 0.850. The van der Waals surface area contributed by atoms with Crippen molar-refractivity contribution in [2.24, 2.45) is 5.92 Å². The first-order chi connectivity index (χ1) is 15.1. The van der Waals surface area contributed by atoms with Crippen LogP contribution in [0.5, 0.6) is 0 Å². The predicted molar refractivity (Wildman–Crippen MR) is 120 cm³/mol. The number of carbonyl (C=O) groups is 1. The Morgan fingerprint density at radius 2 is 1.97 bits per heavy atom. The molecule has 0 aliphatic carbocycles. The highest BCUT2D eigenvalue weighted by molar-refractivity contribution is 5.85. The minimum Gasteiger partial charge on any atom is -0.383 e. The number of benzene rings is 1. The minimum absolute atomic E-state index is 0.0804. The Morgan fingerprint density at radius 3 is 2.84 bits per heavy atom. The molecule has 2 atom stereocenters. The van der Waals surface area contributed by atoms with Gasteiger partial charge in [-0.15, -0.1) is 0 Å². The number of likely N-dealkylation sites (tertiary alicyclic amines) is 1. The molecule has 0 radical (unpaired) electrons. The Kier molecular flexibility index (Phi) is 5.40. The normalized spacial score (nSPS) is 20.1. The molecular formula is C25H29N3O3. The van der Waals surface area contributed by atoms with E-state index < -0.39 is 0 Å². The van der Waals surface area contributed by atoms with Gasteiger partial charge in [-0.1, -0.05) is 24.3 Å². The van der Waals surface area contributed by atoms with Gasteiger partial charge < -0.3 is 18.8 Å². The first-order valence-corrected chi connectivity index (χ1v) is 11.2. The molecule has 1 saturated heterocycles. The van der Waals surface area contributed by atoms with E-state index in [4.69, 9.17) is 4.74 Å². The van der Waals surface area contributed by atoms with Crippen LogP contribution in [0.2, 0.25) is 0 Å². The van der Waals surface area contributed by atoms with Crippen LogP contribution in [0.3, 0.4) is 0 Å². The molecule has 0 saturated carbocycles. The van der Waals surface area contributed by atoms with Crippen molar-refractivity contribution in [2.45, 2.75) is 38.3 Å². The van der Waals surface area contributed by atoms with Crippen molar-refractivity contribution in [3.8, 4) is 0 Å². The summed E-state index contributed by atoms with van der Waals surface area (Å²) in [7, 11) is 1.72. The van der Waals surface area contributed by atoms with Crippen molar-refractivity contribution in [3.63, 3.8) is 0 Å². The number of carbonyl (C=O) groups excluding carboxylic acids is 1. The smallest absolute Gasteiger partial charge is 0.250 e. The van der Waals surface area contributed by atoms with Crippen molar-refractivity contribution in [3.05, 3.63) is 70.3 Å². The summed E-state index contributed by atoms with van der Waals surface area (Å²) in [6.45, 7) is 3.67. The van der Waals surface area contributed by atoms with Crippen molar-refractivity contribution >= 4 is 16.8 Å². The fourth-order valence-corrected chi connectivity index (χ4v) is 5.40. The lowest BCUT2D eigenvalue weighted by Gasteiger charge is -2.42. The SMILES string of the molecule is COCCn1cc(CCC(=O)N2C[C@H]3C[C@@H](C2)c2cccc(=O)n2C3)c2ccccc21. The van der Waals surface area contributed by atoms with Crippen LogP contribution in [0.4, 0.5) is 0 Å². The highest BCUT2D eigenvalue weighted by atomic mass is 16.5. The maximum absolute atomic E-state index is 13.1. The number of hydrogen-bond acceptors (Lipinski definition) is 3. The maximum atomic E-state index is 13.1. The van der Waals surface area contributed by atoms with Gasteiger partial charge in [0.05, 0.1) is 6.61 Å². The van der Waals surface area contributed by atoms with Gasteiger partial charge in [0.1, 0.15) is 0 Å². The van der Waals surface area contributed by atoms with Crippen LogP contribution in [-0.4, -0.2) is 46.7 Å². The Morgan fingerprint density at radius 1 is 1.10 bits per heavy atom. The molecule has 1 aromatic carbocycles. The number of amides is 1. The second-order valence-electron chi connectivity index (χ2n) is 8.85. The average molecular weight is 420 g/mol. The molecule has 1 fully saturated rings. The van der Waals surface area contributed by atoms with E-state index in [9.17, 15) is 9.59 Å². The topological polar surface area (TPSA) is 56.5 Å². The van der Waals surface area contributed by atoms with Gasteiger partial charge >= 0.3 is 0 Å². The van der Waals surface area contributed by atoms with Crippen molar-refractivity contribution in [1.82, 2.24) is 14.0 Å². The number of hydrogen-bond donors (Lipinski definition) is 0. The van der Waals surface area contributed by atoms with E-state index in [1.54, 1.807) is 13.2 Å². The second kappa shape index (κ2) is 8.35. The van der Waals surface area contributed by atoms with E-state index in [2.05, 4.69) is 35.0 Å². The van der Waals surface area contributed by atoms with Gasteiger partial charge in [-0.05, 0) is 36.5 Å². The van der Waals surface area contributed by atoms with Crippen LogP contribution in [0.1, 0.15) is 30.0 Å². The zero-order chi connectivity index (χ0) is 21.4. The summed E-state index contributed by atoms with van der Waals surface area (Å²) in [5, 5.41) is 1.22. The molecular weight excluding hydrogens is 390 g/mol. The van der Waals surface area contributed by atoms with Crippen LogP contribution in [0, 0.1) is 5.92 Å². The molecule has 162 valence electrons. The third-order valence-corrected chi connectivity index (χ3v) is 6.85. The molecule has 0 N–H and O–H groups in total.